The number of hydrogen-bond donors (Lipinski definition) is 1. The summed E-state index contributed by atoms with van der Waals surface area (Å²) in [5.41, 5.74) is 8.55. The highest BCUT2D eigenvalue weighted by Crippen LogP contribution is 2.28. The molecule has 0 aliphatic heterocycles. The van der Waals surface area contributed by atoms with Crippen molar-refractivity contribution in [2.24, 2.45) is 5.73 Å². The van der Waals surface area contributed by atoms with E-state index in [2.05, 4.69) is 54.9 Å². The van der Waals surface area contributed by atoms with E-state index in [1.807, 2.05) is 0 Å². The van der Waals surface area contributed by atoms with E-state index in [1.54, 1.807) is 0 Å². The highest BCUT2D eigenvalue weighted by Gasteiger charge is 2.11. The minimum atomic E-state index is 0.308. The average molecular weight is 284 g/mol. The lowest BCUT2D eigenvalue weighted by Gasteiger charge is -2.17. The van der Waals surface area contributed by atoms with Gasteiger partial charge in [-0.15, -0.1) is 0 Å². The second-order valence-corrected chi connectivity index (χ2v) is 5.52. The molecule has 0 aliphatic carbocycles. The molecule has 16 heavy (non-hydrogen) atoms. The van der Waals surface area contributed by atoms with Crippen LogP contribution in [0.5, 0.6) is 0 Å². The number of rotatable bonds is 5. The smallest absolute Gasteiger partial charge is 0.0207 e. The first kappa shape index (κ1) is 13.7. The van der Waals surface area contributed by atoms with Crippen LogP contribution in [0.2, 0.25) is 0 Å². The van der Waals surface area contributed by atoms with Gasteiger partial charge in [-0.1, -0.05) is 35.0 Å². The molecular formula is C14H22BrN. The van der Waals surface area contributed by atoms with Crippen LogP contribution in [-0.4, -0.2) is 6.04 Å². The number of halogens is 1. The van der Waals surface area contributed by atoms with Gasteiger partial charge in [0.15, 0.2) is 0 Å². The second kappa shape index (κ2) is 6.41. The van der Waals surface area contributed by atoms with Crippen molar-refractivity contribution in [3.63, 3.8) is 0 Å². The summed E-state index contributed by atoms with van der Waals surface area (Å²) in [7, 11) is 0. The van der Waals surface area contributed by atoms with Crippen molar-refractivity contribution in [1.82, 2.24) is 0 Å². The molecule has 0 bridgehead atoms. The van der Waals surface area contributed by atoms with Crippen molar-refractivity contribution in [1.29, 1.82) is 0 Å². The van der Waals surface area contributed by atoms with Gasteiger partial charge in [0.05, 0.1) is 0 Å². The molecule has 1 aromatic carbocycles. The molecule has 2 heteroatoms. The first-order chi connectivity index (χ1) is 7.54. The molecule has 0 spiro atoms. The third-order valence-corrected chi connectivity index (χ3v) is 3.98. The van der Waals surface area contributed by atoms with Gasteiger partial charge in [-0.3, -0.25) is 0 Å². The lowest BCUT2D eigenvalue weighted by atomic mass is 9.90. The van der Waals surface area contributed by atoms with Gasteiger partial charge < -0.3 is 5.73 Å². The molecule has 0 aromatic heterocycles. The number of benzene rings is 1. The summed E-state index contributed by atoms with van der Waals surface area (Å²) in [6.07, 6.45) is 3.47. The highest BCUT2D eigenvalue weighted by atomic mass is 79.9. The molecule has 0 saturated heterocycles. The third-order valence-electron chi connectivity index (χ3n) is 3.13. The second-order valence-electron chi connectivity index (χ2n) is 4.67. The quantitative estimate of drug-likeness (QED) is 0.853. The molecule has 2 unspecified atom stereocenters. The Balaban J connectivity index is 2.74. The van der Waals surface area contributed by atoms with Gasteiger partial charge in [0.2, 0.25) is 0 Å². The zero-order valence-corrected chi connectivity index (χ0v) is 12.0. The fourth-order valence-corrected chi connectivity index (χ4v) is 2.33. The fourth-order valence-electron chi connectivity index (χ4n) is 1.93. The summed E-state index contributed by atoms with van der Waals surface area (Å²) in [4.78, 5) is 0. The molecule has 90 valence electrons. The predicted octanol–water partition coefficient (Wildman–Crippen LogP) is 4.38. The molecule has 2 N–H and O–H groups in total. The van der Waals surface area contributed by atoms with Crippen LogP contribution in [0.15, 0.2) is 22.7 Å². The topological polar surface area (TPSA) is 26.0 Å². The summed E-state index contributed by atoms with van der Waals surface area (Å²) in [6, 6.07) is 7.00. The SMILES string of the molecule is CCC(CCC(C)N)c1ccc(C)c(Br)c1. The average Bonchev–Trinajstić information content (AvgIpc) is 2.23. The molecule has 0 amide bonds. The van der Waals surface area contributed by atoms with Crippen molar-refractivity contribution in [2.45, 2.75) is 52.0 Å². The van der Waals surface area contributed by atoms with E-state index in [4.69, 9.17) is 5.73 Å². The van der Waals surface area contributed by atoms with Gasteiger partial charge in [0.1, 0.15) is 0 Å². The Bertz CT molecular complexity index is 334. The zero-order valence-electron chi connectivity index (χ0n) is 10.5. The number of nitrogens with two attached hydrogens (primary N) is 1. The summed E-state index contributed by atoms with van der Waals surface area (Å²) >= 11 is 3.60. The van der Waals surface area contributed by atoms with Gasteiger partial charge in [-0.05, 0) is 56.2 Å². The molecule has 0 fully saturated rings. The van der Waals surface area contributed by atoms with Gasteiger partial charge in [-0.25, -0.2) is 0 Å². The molecule has 0 saturated carbocycles. The minimum Gasteiger partial charge on any atom is -0.328 e. The maximum Gasteiger partial charge on any atom is 0.0207 e. The first-order valence-electron chi connectivity index (χ1n) is 6.06. The van der Waals surface area contributed by atoms with Gasteiger partial charge in [0, 0.05) is 10.5 Å². The Morgan fingerprint density at radius 3 is 2.50 bits per heavy atom. The summed E-state index contributed by atoms with van der Waals surface area (Å²) in [5.74, 6) is 0.642. The van der Waals surface area contributed by atoms with Crippen molar-refractivity contribution < 1.29 is 0 Å². The van der Waals surface area contributed by atoms with Crippen molar-refractivity contribution in [2.75, 3.05) is 0 Å². The predicted molar refractivity (Wildman–Crippen MR) is 74.8 cm³/mol. The summed E-state index contributed by atoms with van der Waals surface area (Å²) in [5, 5.41) is 0. The van der Waals surface area contributed by atoms with Crippen LogP contribution in [0.25, 0.3) is 0 Å². The normalized spacial score (nSPS) is 14.8. The van der Waals surface area contributed by atoms with E-state index in [1.165, 1.54) is 28.4 Å². The van der Waals surface area contributed by atoms with E-state index in [0.29, 0.717) is 12.0 Å². The lowest BCUT2D eigenvalue weighted by molar-refractivity contribution is 0.532. The van der Waals surface area contributed by atoms with E-state index in [-0.39, 0.29) is 0 Å². The third kappa shape index (κ3) is 3.91. The minimum absolute atomic E-state index is 0.308. The Morgan fingerprint density at radius 2 is 2.00 bits per heavy atom. The van der Waals surface area contributed by atoms with Crippen LogP contribution in [0.3, 0.4) is 0 Å². The molecule has 1 rings (SSSR count). The van der Waals surface area contributed by atoms with Gasteiger partial charge in [0.25, 0.3) is 0 Å². The lowest BCUT2D eigenvalue weighted by Crippen LogP contribution is -2.15. The van der Waals surface area contributed by atoms with Crippen molar-refractivity contribution >= 4 is 15.9 Å². The molecule has 1 aromatic rings. The Hall–Kier alpha value is -0.340. The Morgan fingerprint density at radius 1 is 1.31 bits per heavy atom. The van der Waals surface area contributed by atoms with Crippen molar-refractivity contribution in [3.05, 3.63) is 33.8 Å². The molecule has 1 nitrogen and oxygen atoms in total. The maximum atomic E-state index is 5.82. The van der Waals surface area contributed by atoms with Crippen LogP contribution in [0, 0.1) is 6.92 Å². The van der Waals surface area contributed by atoms with E-state index in [0.717, 1.165) is 6.42 Å². The summed E-state index contributed by atoms with van der Waals surface area (Å²) in [6.45, 7) is 6.45. The summed E-state index contributed by atoms with van der Waals surface area (Å²) < 4.78 is 1.21. The number of hydrogen-bond acceptors (Lipinski definition) is 1. The van der Waals surface area contributed by atoms with Crippen LogP contribution in [0.4, 0.5) is 0 Å². The molecule has 0 radical (unpaired) electrons. The first-order valence-corrected chi connectivity index (χ1v) is 6.85. The maximum absolute atomic E-state index is 5.82. The van der Waals surface area contributed by atoms with Crippen LogP contribution in [0.1, 0.15) is 50.2 Å². The Labute approximate surface area is 108 Å². The number of aryl methyl sites for hydroxylation is 1. The van der Waals surface area contributed by atoms with E-state index < -0.39 is 0 Å². The van der Waals surface area contributed by atoms with Crippen LogP contribution < -0.4 is 5.73 Å². The van der Waals surface area contributed by atoms with Gasteiger partial charge in [-0.2, -0.15) is 0 Å². The highest BCUT2D eigenvalue weighted by molar-refractivity contribution is 9.10. The zero-order chi connectivity index (χ0) is 12.1. The van der Waals surface area contributed by atoms with E-state index in [9.17, 15) is 0 Å². The van der Waals surface area contributed by atoms with Crippen LogP contribution >= 0.6 is 15.9 Å². The standard InChI is InChI=1S/C14H22BrN/c1-4-12(8-6-11(3)16)13-7-5-10(2)14(15)9-13/h5,7,9,11-12H,4,6,8,16H2,1-3H3. The van der Waals surface area contributed by atoms with Gasteiger partial charge >= 0.3 is 0 Å². The molecule has 2 atom stereocenters. The molecule has 0 heterocycles. The van der Waals surface area contributed by atoms with Crippen molar-refractivity contribution in [3.8, 4) is 0 Å². The molecular weight excluding hydrogens is 262 g/mol. The largest absolute Gasteiger partial charge is 0.328 e. The monoisotopic (exact) mass is 283 g/mol. The fraction of sp³-hybridized carbons (Fsp3) is 0.571. The molecule has 0 aliphatic rings. The Kier molecular flexibility index (Phi) is 5.50. The van der Waals surface area contributed by atoms with Crippen LogP contribution in [-0.2, 0) is 0 Å². The van der Waals surface area contributed by atoms with E-state index >= 15 is 0 Å².